The Balaban J connectivity index is 1.51. The Morgan fingerprint density at radius 1 is 1.12 bits per heavy atom. The molecule has 0 unspecified atom stereocenters. The van der Waals surface area contributed by atoms with E-state index in [-0.39, 0.29) is 12.1 Å². The molecule has 3 heterocycles. The lowest BCUT2D eigenvalue weighted by Gasteiger charge is -2.53. The van der Waals surface area contributed by atoms with E-state index >= 15 is 0 Å². The van der Waals surface area contributed by atoms with Crippen molar-refractivity contribution in [1.29, 1.82) is 0 Å². The number of anilines is 1. The van der Waals surface area contributed by atoms with Gasteiger partial charge in [-0.25, -0.2) is 9.78 Å². The highest BCUT2D eigenvalue weighted by Crippen LogP contribution is 2.57. The molecule has 2 aliphatic heterocycles. The zero-order chi connectivity index (χ0) is 23.3. The van der Waals surface area contributed by atoms with Crippen LogP contribution in [-0.2, 0) is 17.6 Å². The van der Waals surface area contributed by atoms with Gasteiger partial charge in [0.15, 0.2) is 0 Å². The predicted octanol–water partition coefficient (Wildman–Crippen LogP) is 5.24. The molecule has 3 aromatic rings. The van der Waals surface area contributed by atoms with E-state index in [1.54, 1.807) is 0 Å². The highest BCUT2D eigenvalue weighted by Gasteiger charge is 2.49. The molecule has 1 spiro atoms. The number of ether oxygens (including phenoxy) is 1. The van der Waals surface area contributed by atoms with Gasteiger partial charge in [0.2, 0.25) is 0 Å². The van der Waals surface area contributed by atoms with Crippen LogP contribution in [0.5, 0.6) is 0 Å². The molecule has 1 saturated heterocycles. The third kappa shape index (κ3) is 3.34. The number of aryl methyl sites for hydroxylation is 1. The smallest absolute Gasteiger partial charge is 0.414 e. The lowest BCUT2D eigenvalue weighted by molar-refractivity contribution is 0.00834. The minimum atomic E-state index is -0.288. The Labute approximate surface area is 201 Å². The van der Waals surface area contributed by atoms with Crippen molar-refractivity contribution in [3.05, 3.63) is 59.4 Å². The van der Waals surface area contributed by atoms with Gasteiger partial charge in [0.1, 0.15) is 5.82 Å². The topological polar surface area (TPSA) is 59.4 Å². The van der Waals surface area contributed by atoms with Crippen LogP contribution in [0, 0.1) is 5.41 Å². The van der Waals surface area contributed by atoms with Crippen LogP contribution in [-0.4, -0.2) is 41.9 Å². The van der Waals surface area contributed by atoms with Crippen molar-refractivity contribution in [2.45, 2.75) is 64.0 Å². The molecule has 2 fully saturated rings. The molecule has 6 nitrogen and oxygen atoms in total. The Hall–Kier alpha value is -2.86. The molecule has 0 bridgehead atoms. The number of fused-ring (bicyclic) bond motifs is 3. The molecule has 6 heteroatoms. The summed E-state index contributed by atoms with van der Waals surface area (Å²) in [5.41, 5.74) is 6.11. The quantitative estimate of drug-likeness (QED) is 0.583. The largest absolute Gasteiger partial charge is 0.452 e. The first kappa shape index (κ1) is 21.7. The minimum Gasteiger partial charge on any atom is -0.452 e. The van der Waals surface area contributed by atoms with E-state index in [1.165, 1.54) is 49.4 Å². The van der Waals surface area contributed by atoms with E-state index in [4.69, 9.17) is 9.72 Å². The third-order valence-electron chi connectivity index (χ3n) is 8.64. The first-order chi connectivity index (χ1) is 16.6. The number of hydrogen-bond donors (Lipinski definition) is 1. The van der Waals surface area contributed by atoms with Gasteiger partial charge in [0, 0.05) is 24.1 Å². The first-order valence-corrected chi connectivity index (χ1v) is 12.8. The molecule has 2 atom stereocenters. The number of nitrogens with one attached hydrogen (secondary N) is 1. The minimum absolute atomic E-state index is 0.118. The number of aromatic nitrogens is 2. The van der Waals surface area contributed by atoms with E-state index in [0.29, 0.717) is 11.5 Å². The normalized spacial score (nSPS) is 23.5. The van der Waals surface area contributed by atoms with Crippen molar-refractivity contribution >= 4 is 22.8 Å². The number of benzene rings is 2. The second-order valence-corrected chi connectivity index (χ2v) is 10.4. The van der Waals surface area contributed by atoms with E-state index in [9.17, 15) is 4.79 Å². The fourth-order valence-corrected chi connectivity index (χ4v) is 6.67. The highest BCUT2D eigenvalue weighted by molar-refractivity contribution is 5.95. The summed E-state index contributed by atoms with van der Waals surface area (Å²) in [5.74, 6) is 1.15. The van der Waals surface area contributed by atoms with Crippen molar-refractivity contribution in [1.82, 2.24) is 14.9 Å². The molecule has 0 radical (unpaired) electrons. The molecular weight excluding hydrogens is 424 g/mol. The molecule has 178 valence electrons. The zero-order valence-electron chi connectivity index (χ0n) is 20.2. The molecule has 1 aliphatic carbocycles. The second-order valence-electron chi connectivity index (χ2n) is 10.4. The van der Waals surface area contributed by atoms with Crippen LogP contribution in [0.4, 0.5) is 10.5 Å². The number of piperidine rings is 1. The summed E-state index contributed by atoms with van der Waals surface area (Å²) >= 11 is 0. The number of imidazole rings is 1. The van der Waals surface area contributed by atoms with Crippen LogP contribution in [0.1, 0.15) is 62.0 Å². The van der Waals surface area contributed by atoms with Crippen LogP contribution in [0.3, 0.4) is 0 Å². The summed E-state index contributed by atoms with van der Waals surface area (Å²) in [6.07, 6.45) is 7.39. The average molecular weight is 459 g/mol. The van der Waals surface area contributed by atoms with Crippen LogP contribution in [0.15, 0.2) is 42.5 Å². The van der Waals surface area contributed by atoms with Crippen molar-refractivity contribution in [2.75, 3.05) is 25.1 Å². The van der Waals surface area contributed by atoms with E-state index in [0.717, 1.165) is 49.4 Å². The average Bonchev–Trinajstić information content (AvgIpc) is 3.21. The highest BCUT2D eigenvalue weighted by atomic mass is 16.5. The van der Waals surface area contributed by atoms with E-state index < -0.39 is 0 Å². The number of methoxy groups -OCH3 is 1. The van der Waals surface area contributed by atoms with Crippen molar-refractivity contribution in [2.24, 2.45) is 5.41 Å². The maximum Gasteiger partial charge on any atom is 0.414 e. The maximum absolute atomic E-state index is 12.6. The number of rotatable bonds is 3. The Bertz CT molecular complexity index is 1210. The molecule has 1 amide bonds. The molecular formula is C28H34N4O2. The lowest BCUT2D eigenvalue weighted by atomic mass is 9.59. The van der Waals surface area contributed by atoms with Gasteiger partial charge in [0.05, 0.1) is 23.8 Å². The number of hydrogen-bond acceptors (Lipinski definition) is 4. The summed E-state index contributed by atoms with van der Waals surface area (Å²) in [4.78, 5) is 19.8. The van der Waals surface area contributed by atoms with Crippen LogP contribution in [0.25, 0.3) is 11.0 Å². The lowest BCUT2D eigenvalue weighted by Crippen LogP contribution is -2.49. The van der Waals surface area contributed by atoms with E-state index in [2.05, 4.69) is 59.3 Å². The third-order valence-corrected chi connectivity index (χ3v) is 8.64. The van der Waals surface area contributed by atoms with Gasteiger partial charge >= 0.3 is 6.09 Å². The molecule has 1 aromatic heterocycles. The number of amides is 1. The van der Waals surface area contributed by atoms with Gasteiger partial charge in [-0.3, -0.25) is 4.90 Å². The summed E-state index contributed by atoms with van der Waals surface area (Å²) in [7, 11) is 1.46. The monoisotopic (exact) mass is 458 g/mol. The first-order valence-electron chi connectivity index (χ1n) is 12.8. The van der Waals surface area contributed by atoms with Gasteiger partial charge < -0.3 is 14.6 Å². The van der Waals surface area contributed by atoms with Crippen molar-refractivity contribution in [3.63, 3.8) is 0 Å². The predicted molar refractivity (Wildman–Crippen MR) is 134 cm³/mol. The molecule has 34 heavy (non-hydrogen) atoms. The molecule has 2 aromatic carbocycles. The summed E-state index contributed by atoms with van der Waals surface area (Å²) in [5, 5.41) is 3.56. The number of nitrogens with zero attached hydrogens (tertiary/aromatic N) is 3. The fourth-order valence-electron chi connectivity index (χ4n) is 6.67. The van der Waals surface area contributed by atoms with Crippen molar-refractivity contribution in [3.8, 4) is 0 Å². The van der Waals surface area contributed by atoms with Gasteiger partial charge in [-0.05, 0) is 81.6 Å². The van der Waals surface area contributed by atoms with Gasteiger partial charge in [-0.2, -0.15) is 0 Å². The summed E-state index contributed by atoms with van der Waals surface area (Å²) in [6.45, 7) is 4.32. The van der Waals surface area contributed by atoms with Gasteiger partial charge in [0.25, 0.3) is 0 Å². The fraction of sp³-hybridized carbons (Fsp3) is 0.500. The Kier molecular flexibility index (Phi) is 5.36. The zero-order valence-corrected chi connectivity index (χ0v) is 20.2. The summed E-state index contributed by atoms with van der Waals surface area (Å²) < 4.78 is 7.71. The Morgan fingerprint density at radius 3 is 2.62 bits per heavy atom. The van der Waals surface area contributed by atoms with Crippen LogP contribution >= 0.6 is 0 Å². The SMILES string of the molecule is COC(=O)N1c2ccc3c(nc(Cc4ccccc4)n3[C@H]3CCC34CCNCC4)c2CC[C@@H]1C. The molecule has 3 aliphatic rings. The van der Waals surface area contributed by atoms with Crippen molar-refractivity contribution < 1.29 is 9.53 Å². The number of carbonyl (C=O) groups excluding carboxylic acids is 1. The Morgan fingerprint density at radius 2 is 1.91 bits per heavy atom. The van der Waals surface area contributed by atoms with E-state index in [1.807, 2.05) is 4.90 Å². The van der Waals surface area contributed by atoms with Crippen LogP contribution < -0.4 is 10.2 Å². The standard InChI is InChI=1S/C28H34N4O2/c1-19-8-9-21-22(31(19)27(33)34-2)10-11-23-26(21)30-25(18-20-6-4-3-5-7-20)32(23)24-12-13-28(24)14-16-29-17-15-28/h3-7,10-11,19,24,29H,8-9,12-18H2,1-2H3/t19-,24-/m0/s1. The summed E-state index contributed by atoms with van der Waals surface area (Å²) in [6, 6.07) is 15.6. The van der Waals surface area contributed by atoms with Gasteiger partial charge in [-0.15, -0.1) is 0 Å². The molecule has 1 saturated carbocycles. The maximum atomic E-state index is 12.6. The molecule has 1 N–H and O–H groups in total. The number of carbonyl (C=O) groups is 1. The van der Waals surface area contributed by atoms with Crippen LogP contribution in [0.2, 0.25) is 0 Å². The molecule has 6 rings (SSSR count). The van der Waals surface area contributed by atoms with Gasteiger partial charge in [-0.1, -0.05) is 30.3 Å². The second kappa shape index (κ2) is 8.42.